The van der Waals surface area contributed by atoms with Gasteiger partial charge in [-0.1, -0.05) is 0 Å². The van der Waals surface area contributed by atoms with E-state index in [-0.39, 0.29) is 17.2 Å². The van der Waals surface area contributed by atoms with Crippen molar-refractivity contribution in [1.29, 1.82) is 0 Å². The smallest absolute Gasteiger partial charge is 0.435 e. The summed E-state index contributed by atoms with van der Waals surface area (Å²) in [5.74, 6) is -0.720. The van der Waals surface area contributed by atoms with E-state index in [1.54, 1.807) is 0 Å². The standard InChI is InChI=1S/C8H7F3N2O2S/c9-8(10,11)5-1-2-6(13-12-5)16-4-3-7(14)15/h1-2H,3-4H2,(H,14,15). The summed E-state index contributed by atoms with van der Waals surface area (Å²) in [6.07, 6.45) is -4.58. The molecule has 1 rings (SSSR count). The predicted molar refractivity (Wildman–Crippen MR) is 50.0 cm³/mol. The van der Waals surface area contributed by atoms with Gasteiger partial charge in [0, 0.05) is 5.75 Å². The molecule has 4 nitrogen and oxygen atoms in total. The average molecular weight is 252 g/mol. The highest BCUT2D eigenvalue weighted by Crippen LogP contribution is 2.27. The minimum absolute atomic E-state index is 0.0760. The van der Waals surface area contributed by atoms with Gasteiger partial charge in [-0.3, -0.25) is 4.79 Å². The van der Waals surface area contributed by atoms with E-state index >= 15 is 0 Å². The molecule has 1 aromatic heterocycles. The molecule has 8 heteroatoms. The molecular formula is C8H7F3N2O2S. The number of thioether (sulfide) groups is 1. The summed E-state index contributed by atoms with van der Waals surface area (Å²) in [6, 6.07) is 1.98. The van der Waals surface area contributed by atoms with E-state index in [1.165, 1.54) is 6.07 Å². The zero-order valence-corrected chi connectivity index (χ0v) is 8.68. The van der Waals surface area contributed by atoms with Gasteiger partial charge in [0.1, 0.15) is 5.03 Å². The molecule has 0 fully saturated rings. The van der Waals surface area contributed by atoms with Gasteiger partial charge in [-0.25, -0.2) is 0 Å². The van der Waals surface area contributed by atoms with Crippen LogP contribution < -0.4 is 0 Å². The van der Waals surface area contributed by atoms with Crippen molar-refractivity contribution in [3.8, 4) is 0 Å². The van der Waals surface area contributed by atoms with Crippen LogP contribution in [0.5, 0.6) is 0 Å². The number of rotatable bonds is 4. The van der Waals surface area contributed by atoms with Gasteiger partial charge in [0.25, 0.3) is 0 Å². The van der Waals surface area contributed by atoms with Crippen LogP contribution in [0.1, 0.15) is 12.1 Å². The largest absolute Gasteiger partial charge is 0.481 e. The van der Waals surface area contributed by atoms with Gasteiger partial charge in [0.2, 0.25) is 0 Å². The van der Waals surface area contributed by atoms with Crippen LogP contribution in [0.4, 0.5) is 13.2 Å². The number of nitrogens with zero attached hydrogens (tertiary/aromatic N) is 2. The lowest BCUT2D eigenvalue weighted by atomic mass is 10.4. The van der Waals surface area contributed by atoms with Crippen molar-refractivity contribution in [1.82, 2.24) is 10.2 Å². The normalized spacial score (nSPS) is 11.4. The molecule has 0 radical (unpaired) electrons. The van der Waals surface area contributed by atoms with Crippen LogP contribution in [-0.2, 0) is 11.0 Å². The number of aromatic nitrogens is 2. The monoisotopic (exact) mass is 252 g/mol. The third kappa shape index (κ3) is 4.05. The van der Waals surface area contributed by atoms with Crippen LogP contribution in [0.3, 0.4) is 0 Å². The highest BCUT2D eigenvalue weighted by Gasteiger charge is 2.32. The maximum Gasteiger partial charge on any atom is 0.435 e. The molecule has 0 aliphatic heterocycles. The number of carbonyl (C=O) groups is 1. The summed E-state index contributed by atoms with van der Waals surface area (Å²) >= 11 is 1.05. The van der Waals surface area contributed by atoms with Crippen LogP contribution in [0.15, 0.2) is 17.2 Å². The molecule has 1 N–H and O–H groups in total. The predicted octanol–water partition coefficient (Wildman–Crippen LogP) is 2.06. The Hall–Kier alpha value is -1.31. The molecule has 1 aromatic rings. The number of hydrogen-bond acceptors (Lipinski definition) is 4. The lowest BCUT2D eigenvalue weighted by Gasteiger charge is -2.04. The molecule has 0 aliphatic carbocycles. The number of hydrogen-bond donors (Lipinski definition) is 1. The molecular weight excluding hydrogens is 245 g/mol. The second-order valence-electron chi connectivity index (χ2n) is 2.75. The van der Waals surface area contributed by atoms with Gasteiger partial charge in [-0.2, -0.15) is 13.2 Å². The van der Waals surface area contributed by atoms with Crippen molar-refractivity contribution < 1.29 is 23.1 Å². The Morgan fingerprint density at radius 3 is 2.50 bits per heavy atom. The average Bonchev–Trinajstić information content (AvgIpc) is 2.16. The lowest BCUT2D eigenvalue weighted by Crippen LogP contribution is -2.08. The van der Waals surface area contributed by atoms with Gasteiger partial charge < -0.3 is 5.11 Å². The Kier molecular flexibility index (Phi) is 4.11. The van der Waals surface area contributed by atoms with Crippen LogP contribution in [0, 0.1) is 0 Å². The number of carboxylic acids is 1. The quantitative estimate of drug-likeness (QED) is 0.831. The molecule has 0 aliphatic rings. The van der Waals surface area contributed by atoms with Crippen LogP contribution >= 0.6 is 11.8 Å². The van der Waals surface area contributed by atoms with E-state index in [9.17, 15) is 18.0 Å². The van der Waals surface area contributed by atoms with Gasteiger partial charge in [-0.05, 0) is 12.1 Å². The van der Waals surface area contributed by atoms with Crippen molar-refractivity contribution >= 4 is 17.7 Å². The van der Waals surface area contributed by atoms with Crippen LogP contribution in [0.25, 0.3) is 0 Å². The zero-order chi connectivity index (χ0) is 12.2. The number of alkyl halides is 3. The van der Waals surface area contributed by atoms with E-state index in [2.05, 4.69) is 10.2 Å². The molecule has 0 bridgehead atoms. The third-order valence-electron chi connectivity index (χ3n) is 1.50. The maximum atomic E-state index is 12.1. The van der Waals surface area contributed by atoms with Gasteiger partial charge >= 0.3 is 12.1 Å². The molecule has 0 saturated carbocycles. The first-order valence-corrected chi connectivity index (χ1v) is 5.13. The SMILES string of the molecule is O=C(O)CCSc1ccc(C(F)(F)F)nn1. The fraction of sp³-hybridized carbons (Fsp3) is 0.375. The number of aliphatic carboxylic acids is 1. The van der Waals surface area contributed by atoms with E-state index in [0.29, 0.717) is 0 Å². The Morgan fingerprint density at radius 1 is 1.38 bits per heavy atom. The molecule has 16 heavy (non-hydrogen) atoms. The van der Waals surface area contributed by atoms with E-state index in [0.717, 1.165) is 17.8 Å². The van der Waals surface area contributed by atoms with Crippen molar-refractivity contribution in [3.05, 3.63) is 17.8 Å². The number of carboxylic acid groups (broad SMARTS) is 1. The minimum Gasteiger partial charge on any atom is -0.481 e. The summed E-state index contributed by atoms with van der Waals surface area (Å²) in [4.78, 5) is 10.2. The first-order valence-electron chi connectivity index (χ1n) is 4.15. The maximum absolute atomic E-state index is 12.1. The Bertz CT molecular complexity index is 367. The summed E-state index contributed by atoms with van der Waals surface area (Å²) in [5.41, 5.74) is -1.06. The summed E-state index contributed by atoms with van der Waals surface area (Å²) in [7, 11) is 0. The minimum atomic E-state index is -4.50. The van der Waals surface area contributed by atoms with Crippen LogP contribution in [-0.4, -0.2) is 27.0 Å². The zero-order valence-electron chi connectivity index (χ0n) is 7.86. The number of halogens is 3. The molecule has 0 atom stereocenters. The Labute approximate surface area is 92.9 Å². The third-order valence-corrected chi connectivity index (χ3v) is 2.42. The molecule has 0 aromatic carbocycles. The highest BCUT2D eigenvalue weighted by molar-refractivity contribution is 7.99. The van der Waals surface area contributed by atoms with Crippen molar-refractivity contribution in [2.24, 2.45) is 0 Å². The topological polar surface area (TPSA) is 63.1 Å². The lowest BCUT2D eigenvalue weighted by molar-refractivity contribution is -0.142. The fourth-order valence-electron chi connectivity index (χ4n) is 0.791. The molecule has 0 saturated heterocycles. The Balaban J connectivity index is 2.55. The highest BCUT2D eigenvalue weighted by atomic mass is 32.2. The summed E-state index contributed by atoms with van der Waals surface area (Å²) in [5, 5.41) is 15.0. The Morgan fingerprint density at radius 2 is 2.06 bits per heavy atom. The summed E-state index contributed by atoms with van der Waals surface area (Å²) < 4.78 is 36.3. The van der Waals surface area contributed by atoms with Gasteiger partial charge in [-0.15, -0.1) is 22.0 Å². The fourth-order valence-corrected chi connectivity index (χ4v) is 1.54. The molecule has 88 valence electrons. The second kappa shape index (κ2) is 5.15. The van der Waals surface area contributed by atoms with E-state index in [1.807, 2.05) is 0 Å². The van der Waals surface area contributed by atoms with E-state index in [4.69, 9.17) is 5.11 Å². The molecule has 0 amide bonds. The molecule has 0 unspecified atom stereocenters. The molecule has 0 spiro atoms. The van der Waals surface area contributed by atoms with Gasteiger partial charge in [0.15, 0.2) is 5.69 Å². The van der Waals surface area contributed by atoms with Crippen molar-refractivity contribution in [3.63, 3.8) is 0 Å². The van der Waals surface area contributed by atoms with E-state index < -0.39 is 17.8 Å². The second-order valence-corrected chi connectivity index (χ2v) is 3.86. The first-order chi connectivity index (χ1) is 7.39. The summed E-state index contributed by atoms with van der Waals surface area (Å²) in [6.45, 7) is 0. The van der Waals surface area contributed by atoms with Crippen molar-refractivity contribution in [2.75, 3.05) is 5.75 Å². The van der Waals surface area contributed by atoms with Crippen LogP contribution in [0.2, 0.25) is 0 Å². The first kappa shape index (κ1) is 12.8. The van der Waals surface area contributed by atoms with Crippen molar-refractivity contribution in [2.45, 2.75) is 17.6 Å². The van der Waals surface area contributed by atoms with Gasteiger partial charge in [0.05, 0.1) is 6.42 Å². The molecule has 1 heterocycles.